The molecule has 9 heteroatoms. The second-order valence-electron chi connectivity index (χ2n) is 7.17. The van der Waals surface area contributed by atoms with E-state index in [4.69, 9.17) is 16.0 Å². The molecule has 2 aromatic heterocycles. The molecule has 0 radical (unpaired) electrons. The Morgan fingerprint density at radius 3 is 2.53 bits per heavy atom. The van der Waals surface area contributed by atoms with Gasteiger partial charge in [0, 0.05) is 10.6 Å². The van der Waals surface area contributed by atoms with Crippen LogP contribution in [0, 0.1) is 5.92 Å². The second kappa shape index (κ2) is 9.95. The number of carbonyl (C=O) groups excluding carboxylic acids is 2. The van der Waals surface area contributed by atoms with Crippen LogP contribution in [0.4, 0.5) is 0 Å². The summed E-state index contributed by atoms with van der Waals surface area (Å²) in [5.41, 5.74) is 0.853. The topological polar surface area (TPSA) is 90.0 Å². The minimum Gasteiger partial charge on any atom is -0.467 e. The molecular weight excluding hydrogens is 424 g/mol. The summed E-state index contributed by atoms with van der Waals surface area (Å²) in [6.45, 7) is 5.70. The molecule has 1 atom stereocenters. The molecule has 1 unspecified atom stereocenters. The van der Waals surface area contributed by atoms with Gasteiger partial charge in [-0.2, -0.15) is 0 Å². The Kier molecular flexibility index (Phi) is 7.33. The number of nitrogens with one attached hydrogen (secondary N) is 1. The lowest BCUT2D eigenvalue weighted by atomic mass is 10.0. The zero-order chi connectivity index (χ0) is 21.7. The largest absolute Gasteiger partial charge is 0.467 e. The Bertz CT molecular complexity index is 1000. The predicted octanol–water partition coefficient (Wildman–Crippen LogP) is 4.06. The maximum Gasteiger partial charge on any atom is 0.231 e. The molecule has 158 valence electrons. The van der Waals surface area contributed by atoms with Gasteiger partial charge in [0.15, 0.2) is 16.8 Å². The fourth-order valence-corrected chi connectivity index (χ4v) is 3.87. The molecule has 3 rings (SSSR count). The van der Waals surface area contributed by atoms with Crippen molar-refractivity contribution in [2.45, 2.75) is 38.5 Å². The minimum absolute atomic E-state index is 0.0237. The lowest BCUT2D eigenvalue weighted by Crippen LogP contribution is -2.44. The molecule has 1 N–H and O–H groups in total. The smallest absolute Gasteiger partial charge is 0.231 e. The number of carbonyl (C=O) groups is 2. The van der Waals surface area contributed by atoms with Crippen LogP contribution in [-0.4, -0.2) is 38.2 Å². The number of furan rings is 1. The van der Waals surface area contributed by atoms with Crippen LogP contribution < -0.4 is 5.32 Å². The van der Waals surface area contributed by atoms with Gasteiger partial charge in [0.1, 0.15) is 5.76 Å². The highest BCUT2D eigenvalue weighted by Crippen LogP contribution is 2.26. The fraction of sp³-hybridized carbons (Fsp3) is 0.333. The zero-order valence-corrected chi connectivity index (χ0v) is 18.5. The van der Waals surface area contributed by atoms with Crippen LogP contribution in [0.5, 0.6) is 0 Å². The molecule has 1 amide bonds. The quantitative estimate of drug-likeness (QED) is 0.498. The monoisotopic (exact) mass is 446 g/mol. The van der Waals surface area contributed by atoms with E-state index < -0.39 is 6.04 Å². The van der Waals surface area contributed by atoms with Crippen molar-refractivity contribution < 1.29 is 14.0 Å². The third kappa shape index (κ3) is 5.52. The maximum absolute atomic E-state index is 12.4. The number of hydrogen-bond donors (Lipinski definition) is 1. The summed E-state index contributed by atoms with van der Waals surface area (Å²) in [6, 6.07) is 10.5. The van der Waals surface area contributed by atoms with Crippen molar-refractivity contribution in [2.75, 3.05) is 5.75 Å². The van der Waals surface area contributed by atoms with E-state index >= 15 is 0 Å². The van der Waals surface area contributed by atoms with E-state index in [-0.39, 0.29) is 23.4 Å². The number of benzene rings is 1. The lowest BCUT2D eigenvalue weighted by Gasteiger charge is -2.19. The Morgan fingerprint density at radius 2 is 1.93 bits per heavy atom. The normalized spacial score (nSPS) is 12.2. The number of thioether (sulfide) groups is 1. The van der Waals surface area contributed by atoms with Crippen molar-refractivity contribution in [2.24, 2.45) is 5.92 Å². The highest BCUT2D eigenvalue weighted by atomic mass is 35.5. The highest BCUT2D eigenvalue weighted by Gasteiger charge is 2.22. The number of Topliss-reactive ketones (excluding diaryl/α,β-unsaturated/α-hetero) is 1. The van der Waals surface area contributed by atoms with Crippen molar-refractivity contribution in [1.82, 2.24) is 20.1 Å². The average molecular weight is 447 g/mol. The van der Waals surface area contributed by atoms with E-state index in [9.17, 15) is 9.59 Å². The van der Waals surface area contributed by atoms with E-state index in [2.05, 4.69) is 15.5 Å². The molecule has 2 heterocycles. The van der Waals surface area contributed by atoms with Gasteiger partial charge in [0.2, 0.25) is 5.91 Å². The van der Waals surface area contributed by atoms with Crippen LogP contribution in [0.25, 0.3) is 11.4 Å². The molecule has 0 bridgehead atoms. The zero-order valence-electron chi connectivity index (χ0n) is 17.0. The molecule has 0 saturated heterocycles. The van der Waals surface area contributed by atoms with E-state index in [0.717, 1.165) is 11.3 Å². The van der Waals surface area contributed by atoms with Gasteiger partial charge in [-0.3, -0.25) is 14.2 Å². The second-order valence-corrected chi connectivity index (χ2v) is 8.55. The number of aromatic nitrogens is 3. The van der Waals surface area contributed by atoms with Crippen LogP contribution in [0.2, 0.25) is 5.02 Å². The fourth-order valence-electron chi connectivity index (χ4n) is 2.99. The van der Waals surface area contributed by atoms with Gasteiger partial charge >= 0.3 is 0 Å². The Balaban J connectivity index is 1.79. The third-order valence-electron chi connectivity index (χ3n) is 4.47. The number of nitrogens with zero attached hydrogens (tertiary/aromatic N) is 3. The minimum atomic E-state index is -0.497. The number of hydrogen-bond acceptors (Lipinski definition) is 6. The predicted molar refractivity (Wildman–Crippen MR) is 116 cm³/mol. The van der Waals surface area contributed by atoms with E-state index in [0.29, 0.717) is 22.5 Å². The highest BCUT2D eigenvalue weighted by molar-refractivity contribution is 7.99. The first kappa shape index (κ1) is 22.1. The van der Waals surface area contributed by atoms with Crippen molar-refractivity contribution in [3.05, 3.63) is 53.4 Å². The van der Waals surface area contributed by atoms with Gasteiger partial charge in [-0.25, -0.2) is 0 Å². The van der Waals surface area contributed by atoms with Crippen LogP contribution in [0.3, 0.4) is 0 Å². The van der Waals surface area contributed by atoms with Crippen LogP contribution >= 0.6 is 23.4 Å². The first-order valence-corrected chi connectivity index (χ1v) is 10.9. The van der Waals surface area contributed by atoms with Crippen molar-refractivity contribution >= 4 is 35.1 Å². The first-order valence-electron chi connectivity index (χ1n) is 9.49. The molecule has 3 aromatic rings. The molecule has 0 aliphatic heterocycles. The van der Waals surface area contributed by atoms with Crippen molar-refractivity contribution in [3.8, 4) is 11.4 Å². The maximum atomic E-state index is 12.4. The summed E-state index contributed by atoms with van der Waals surface area (Å²) in [5.74, 6) is 1.25. The lowest BCUT2D eigenvalue weighted by molar-refractivity contribution is -0.126. The van der Waals surface area contributed by atoms with Gasteiger partial charge in [0.05, 0.1) is 24.6 Å². The molecule has 0 aliphatic rings. The Labute approximate surface area is 184 Å². The Morgan fingerprint density at radius 1 is 1.20 bits per heavy atom. The summed E-state index contributed by atoms with van der Waals surface area (Å²) in [7, 11) is 0. The molecule has 1 aromatic carbocycles. The summed E-state index contributed by atoms with van der Waals surface area (Å²) < 4.78 is 7.37. The summed E-state index contributed by atoms with van der Waals surface area (Å²) >= 11 is 7.26. The molecule has 0 spiro atoms. The average Bonchev–Trinajstić information content (AvgIpc) is 3.35. The van der Waals surface area contributed by atoms with Crippen LogP contribution in [0.15, 0.2) is 52.2 Å². The number of ketones is 1. The first-order chi connectivity index (χ1) is 14.3. The molecule has 0 aliphatic carbocycles. The van der Waals surface area contributed by atoms with Gasteiger partial charge in [-0.15, -0.1) is 10.2 Å². The van der Waals surface area contributed by atoms with Gasteiger partial charge in [-0.05, 0) is 49.2 Å². The van der Waals surface area contributed by atoms with Gasteiger partial charge in [-0.1, -0.05) is 37.2 Å². The van der Waals surface area contributed by atoms with Gasteiger partial charge < -0.3 is 9.73 Å². The number of halogens is 1. The molecule has 7 nitrogen and oxygen atoms in total. The summed E-state index contributed by atoms with van der Waals surface area (Å²) in [4.78, 5) is 24.1. The van der Waals surface area contributed by atoms with Crippen LogP contribution in [0.1, 0.15) is 26.5 Å². The standard InChI is InChI=1S/C21H23ClN4O3S/c1-13(2)19(14(3)27)23-18(28)12-30-21-25-24-20(15-6-8-16(22)9-7-15)26(21)11-17-5-4-10-29-17/h4-10,13,19H,11-12H2,1-3H3,(H,23,28). The van der Waals surface area contributed by atoms with Crippen molar-refractivity contribution in [1.29, 1.82) is 0 Å². The SMILES string of the molecule is CC(=O)C(NC(=O)CSc1nnc(-c2ccc(Cl)cc2)n1Cc1ccco1)C(C)C. The third-order valence-corrected chi connectivity index (χ3v) is 5.69. The summed E-state index contributed by atoms with van der Waals surface area (Å²) in [6.07, 6.45) is 1.61. The number of amides is 1. The number of rotatable bonds is 9. The van der Waals surface area contributed by atoms with E-state index in [1.807, 2.05) is 42.7 Å². The summed E-state index contributed by atoms with van der Waals surface area (Å²) in [5, 5.41) is 12.6. The Hall–Kier alpha value is -2.58. The van der Waals surface area contributed by atoms with E-state index in [1.165, 1.54) is 18.7 Å². The van der Waals surface area contributed by atoms with Gasteiger partial charge in [0.25, 0.3) is 0 Å². The molecular formula is C21H23ClN4O3S. The molecule has 0 saturated carbocycles. The van der Waals surface area contributed by atoms with Crippen LogP contribution in [-0.2, 0) is 16.1 Å². The molecule has 0 fully saturated rings. The van der Waals surface area contributed by atoms with E-state index in [1.54, 1.807) is 18.4 Å². The molecule has 30 heavy (non-hydrogen) atoms. The van der Waals surface area contributed by atoms with Crippen molar-refractivity contribution in [3.63, 3.8) is 0 Å².